The summed E-state index contributed by atoms with van der Waals surface area (Å²) in [6.07, 6.45) is 6.70. The predicted molar refractivity (Wildman–Crippen MR) is 121 cm³/mol. The van der Waals surface area contributed by atoms with Crippen molar-refractivity contribution in [3.8, 4) is 0 Å². The summed E-state index contributed by atoms with van der Waals surface area (Å²) in [4.78, 5) is 40.4. The van der Waals surface area contributed by atoms with Gasteiger partial charge in [0.25, 0.3) is 5.91 Å². The number of carbonyl (C=O) groups excluding carboxylic acids is 2. The van der Waals surface area contributed by atoms with Crippen LogP contribution in [0.5, 0.6) is 0 Å². The maximum atomic E-state index is 12.9. The Hall–Kier alpha value is -2.67. The van der Waals surface area contributed by atoms with E-state index in [1.165, 1.54) is 17.8 Å². The zero-order valence-corrected chi connectivity index (χ0v) is 18.6. The Morgan fingerprint density at radius 1 is 1.13 bits per heavy atom. The molecule has 0 radical (unpaired) electrons. The number of nitrogens with zero attached hydrogens (tertiary/aromatic N) is 1. The summed E-state index contributed by atoms with van der Waals surface area (Å²) in [5, 5.41) is 13.0. The van der Waals surface area contributed by atoms with E-state index in [-0.39, 0.29) is 23.3 Å². The molecule has 1 aliphatic heterocycles. The number of thiophene rings is 1. The smallest absolute Gasteiger partial charge is 0.339 e. The van der Waals surface area contributed by atoms with Crippen molar-refractivity contribution < 1.29 is 19.5 Å². The third kappa shape index (κ3) is 4.51. The Balaban J connectivity index is 1.53. The molecular weight excluding hydrogens is 412 g/mol. The van der Waals surface area contributed by atoms with Crippen molar-refractivity contribution in [2.24, 2.45) is 5.92 Å². The van der Waals surface area contributed by atoms with Crippen molar-refractivity contribution in [2.45, 2.75) is 58.4 Å². The standard InChI is InChI=1S/C24H28N2O4S/c1-2-15-8-10-16(11-9-15)21(27)25-22-20(24(29)30)18-12-13-26(14-19(18)31-22)23(28)17-6-4-3-5-7-17/h8-11,17H,2-7,12-14H2,1H3,(H,25,27)(H,29,30). The van der Waals surface area contributed by atoms with E-state index in [1.54, 1.807) is 12.1 Å². The molecule has 164 valence electrons. The van der Waals surface area contributed by atoms with Crippen molar-refractivity contribution >= 4 is 34.1 Å². The van der Waals surface area contributed by atoms with Gasteiger partial charge in [-0.05, 0) is 48.9 Å². The van der Waals surface area contributed by atoms with Gasteiger partial charge in [-0.2, -0.15) is 0 Å². The van der Waals surface area contributed by atoms with Crippen molar-refractivity contribution in [1.29, 1.82) is 0 Å². The van der Waals surface area contributed by atoms with E-state index >= 15 is 0 Å². The van der Waals surface area contributed by atoms with E-state index in [9.17, 15) is 19.5 Å². The van der Waals surface area contributed by atoms with E-state index < -0.39 is 5.97 Å². The highest BCUT2D eigenvalue weighted by Gasteiger charge is 2.33. The van der Waals surface area contributed by atoms with Crippen LogP contribution < -0.4 is 5.32 Å². The number of carboxylic acid groups (broad SMARTS) is 1. The highest BCUT2D eigenvalue weighted by atomic mass is 32.1. The number of hydrogen-bond donors (Lipinski definition) is 2. The number of amides is 2. The number of benzene rings is 1. The van der Waals surface area contributed by atoms with Crippen LogP contribution in [0.2, 0.25) is 0 Å². The zero-order valence-electron chi connectivity index (χ0n) is 17.8. The molecule has 7 heteroatoms. The third-order valence-electron chi connectivity index (χ3n) is 6.39. The average Bonchev–Trinajstić information content (AvgIpc) is 3.16. The Morgan fingerprint density at radius 3 is 2.48 bits per heavy atom. The van der Waals surface area contributed by atoms with Crippen molar-refractivity contribution in [1.82, 2.24) is 4.90 Å². The third-order valence-corrected chi connectivity index (χ3v) is 7.52. The van der Waals surface area contributed by atoms with E-state index in [4.69, 9.17) is 0 Å². The van der Waals surface area contributed by atoms with Crippen LogP contribution in [0.15, 0.2) is 24.3 Å². The van der Waals surface area contributed by atoms with Gasteiger partial charge in [0.1, 0.15) is 5.00 Å². The van der Waals surface area contributed by atoms with Crippen LogP contribution >= 0.6 is 11.3 Å². The van der Waals surface area contributed by atoms with Gasteiger partial charge in [0.15, 0.2) is 0 Å². The highest BCUT2D eigenvalue weighted by Crippen LogP contribution is 2.38. The van der Waals surface area contributed by atoms with E-state index in [1.807, 2.05) is 24.0 Å². The SMILES string of the molecule is CCc1ccc(C(=O)Nc2sc3c(c2C(=O)O)CCN(C(=O)C2CCCCC2)C3)cc1. The van der Waals surface area contributed by atoms with Crippen molar-refractivity contribution in [2.75, 3.05) is 11.9 Å². The summed E-state index contributed by atoms with van der Waals surface area (Å²) in [6, 6.07) is 7.32. The number of nitrogens with one attached hydrogen (secondary N) is 1. The summed E-state index contributed by atoms with van der Waals surface area (Å²) < 4.78 is 0. The molecule has 2 aromatic rings. The average molecular weight is 441 g/mol. The molecule has 4 rings (SSSR count). The number of carbonyl (C=O) groups is 3. The lowest BCUT2D eigenvalue weighted by Gasteiger charge is -2.32. The number of aryl methyl sites for hydroxylation is 1. The molecular formula is C24H28N2O4S. The summed E-state index contributed by atoms with van der Waals surface area (Å²) >= 11 is 1.28. The summed E-state index contributed by atoms with van der Waals surface area (Å²) in [6.45, 7) is 3.01. The minimum atomic E-state index is -1.04. The lowest BCUT2D eigenvalue weighted by molar-refractivity contribution is -0.137. The summed E-state index contributed by atoms with van der Waals surface area (Å²) in [5.74, 6) is -1.07. The quantitative estimate of drug-likeness (QED) is 0.704. The number of anilines is 1. The van der Waals surface area contributed by atoms with Crippen molar-refractivity contribution in [3.63, 3.8) is 0 Å². The molecule has 6 nitrogen and oxygen atoms in total. The number of carboxylic acids is 1. The van der Waals surface area contributed by atoms with Gasteiger partial charge in [0, 0.05) is 22.9 Å². The fourth-order valence-electron chi connectivity index (χ4n) is 4.58. The van der Waals surface area contributed by atoms with E-state index in [2.05, 4.69) is 5.32 Å². The predicted octanol–water partition coefficient (Wildman–Crippen LogP) is 4.73. The second-order valence-electron chi connectivity index (χ2n) is 8.36. The molecule has 0 bridgehead atoms. The molecule has 1 aliphatic carbocycles. The molecule has 2 N–H and O–H groups in total. The Morgan fingerprint density at radius 2 is 1.84 bits per heavy atom. The molecule has 2 amide bonds. The van der Waals surface area contributed by atoms with Gasteiger partial charge in [-0.25, -0.2) is 4.79 Å². The fourth-order valence-corrected chi connectivity index (χ4v) is 5.83. The molecule has 0 saturated heterocycles. The first-order valence-electron chi connectivity index (χ1n) is 11.0. The number of hydrogen-bond acceptors (Lipinski definition) is 4. The largest absolute Gasteiger partial charge is 0.478 e. The van der Waals surface area contributed by atoms with Crippen molar-refractivity contribution in [3.05, 3.63) is 51.4 Å². The highest BCUT2D eigenvalue weighted by molar-refractivity contribution is 7.17. The van der Waals surface area contributed by atoms with Crippen LogP contribution in [0, 0.1) is 5.92 Å². The molecule has 1 aromatic carbocycles. The van der Waals surface area contributed by atoms with Gasteiger partial charge in [-0.3, -0.25) is 9.59 Å². The molecule has 1 saturated carbocycles. The van der Waals surface area contributed by atoms with Crippen LogP contribution in [-0.4, -0.2) is 34.3 Å². The van der Waals surface area contributed by atoms with Gasteiger partial charge in [0.05, 0.1) is 12.1 Å². The van der Waals surface area contributed by atoms with Crippen LogP contribution in [0.3, 0.4) is 0 Å². The molecule has 0 unspecified atom stereocenters. The zero-order chi connectivity index (χ0) is 22.0. The van der Waals surface area contributed by atoms with Gasteiger partial charge >= 0.3 is 5.97 Å². The Bertz CT molecular complexity index is 990. The van der Waals surface area contributed by atoms with Crippen LogP contribution in [0.25, 0.3) is 0 Å². The Labute approximate surface area is 186 Å². The van der Waals surface area contributed by atoms with Crippen LogP contribution in [-0.2, 0) is 24.2 Å². The topological polar surface area (TPSA) is 86.7 Å². The summed E-state index contributed by atoms with van der Waals surface area (Å²) in [5.41, 5.74) is 2.55. The maximum absolute atomic E-state index is 12.9. The van der Waals surface area contributed by atoms with E-state index in [0.717, 1.165) is 48.1 Å². The normalized spacial score (nSPS) is 16.6. The minimum absolute atomic E-state index is 0.0967. The Kier molecular flexibility index (Phi) is 6.41. The number of rotatable bonds is 5. The van der Waals surface area contributed by atoms with Crippen LogP contribution in [0.1, 0.15) is 75.7 Å². The van der Waals surface area contributed by atoms with Gasteiger partial charge in [0.2, 0.25) is 5.91 Å². The second-order valence-corrected chi connectivity index (χ2v) is 9.47. The number of fused-ring (bicyclic) bond motifs is 1. The second kappa shape index (κ2) is 9.22. The molecule has 31 heavy (non-hydrogen) atoms. The monoisotopic (exact) mass is 440 g/mol. The summed E-state index contributed by atoms with van der Waals surface area (Å²) in [7, 11) is 0. The molecule has 0 spiro atoms. The van der Waals surface area contributed by atoms with Gasteiger partial charge in [-0.1, -0.05) is 38.3 Å². The molecule has 2 aliphatic rings. The first kappa shape index (κ1) is 21.6. The molecule has 1 fully saturated rings. The molecule has 0 atom stereocenters. The molecule has 2 heterocycles. The van der Waals surface area contributed by atoms with Gasteiger partial charge < -0.3 is 15.3 Å². The minimum Gasteiger partial charge on any atom is -0.478 e. The first-order chi connectivity index (χ1) is 15.0. The van der Waals surface area contributed by atoms with E-state index in [0.29, 0.717) is 30.1 Å². The van der Waals surface area contributed by atoms with Crippen LogP contribution in [0.4, 0.5) is 5.00 Å². The lowest BCUT2D eigenvalue weighted by atomic mass is 9.88. The maximum Gasteiger partial charge on any atom is 0.339 e. The number of aromatic carboxylic acids is 1. The fraction of sp³-hybridized carbons (Fsp3) is 0.458. The first-order valence-corrected chi connectivity index (χ1v) is 11.9. The van der Waals surface area contributed by atoms with Gasteiger partial charge in [-0.15, -0.1) is 11.3 Å². The lowest BCUT2D eigenvalue weighted by Crippen LogP contribution is -2.40. The molecule has 1 aromatic heterocycles.